The molecule has 5 nitrogen and oxygen atoms in total. The summed E-state index contributed by atoms with van der Waals surface area (Å²) in [6, 6.07) is 16.5. The second-order valence-corrected chi connectivity index (χ2v) is 6.71. The quantitative estimate of drug-likeness (QED) is 0.758. The second-order valence-electron chi connectivity index (χ2n) is 6.71. The van der Waals surface area contributed by atoms with Crippen LogP contribution in [-0.4, -0.2) is 22.8 Å². The van der Waals surface area contributed by atoms with Crippen LogP contribution in [0, 0.1) is 5.82 Å². The molecule has 1 aliphatic heterocycles. The number of amides is 2. The van der Waals surface area contributed by atoms with Crippen LogP contribution in [0.4, 0.5) is 4.39 Å². The molecule has 0 saturated heterocycles. The lowest BCUT2D eigenvalue weighted by Crippen LogP contribution is -2.52. The van der Waals surface area contributed by atoms with Crippen LogP contribution in [0.5, 0.6) is 0 Å². The molecule has 1 N–H and O–H groups in total. The lowest BCUT2D eigenvalue weighted by atomic mass is 9.93. The lowest BCUT2D eigenvalue weighted by molar-refractivity contribution is -0.126. The van der Waals surface area contributed by atoms with Crippen molar-refractivity contribution in [2.45, 2.75) is 25.6 Å². The van der Waals surface area contributed by atoms with E-state index in [1.165, 1.54) is 17.2 Å². The number of carbonyl (C=O) groups is 2. The van der Waals surface area contributed by atoms with Gasteiger partial charge in [-0.25, -0.2) is 4.39 Å². The Morgan fingerprint density at radius 1 is 1.04 bits per heavy atom. The highest BCUT2D eigenvalue weighted by atomic mass is 19.1. The van der Waals surface area contributed by atoms with E-state index < -0.39 is 6.04 Å². The normalized spacial score (nSPS) is 15.8. The Labute approximate surface area is 161 Å². The molecule has 1 aliphatic rings. The molecule has 142 valence electrons. The smallest absolute Gasteiger partial charge is 0.290 e. The summed E-state index contributed by atoms with van der Waals surface area (Å²) in [5, 5.41) is 2.77. The molecule has 2 aromatic carbocycles. The first kappa shape index (κ1) is 18.0. The fourth-order valence-electron chi connectivity index (χ4n) is 3.45. The van der Waals surface area contributed by atoms with Gasteiger partial charge >= 0.3 is 0 Å². The van der Waals surface area contributed by atoms with Crippen molar-refractivity contribution in [2.24, 2.45) is 0 Å². The van der Waals surface area contributed by atoms with E-state index in [1.54, 1.807) is 30.3 Å². The highest BCUT2D eigenvalue weighted by Gasteiger charge is 2.35. The Hall–Kier alpha value is -3.41. The summed E-state index contributed by atoms with van der Waals surface area (Å²) in [4.78, 5) is 27.3. The number of carbonyl (C=O) groups excluding carboxylic acids is 2. The molecular formula is C22H19FN2O3. The fourth-order valence-corrected chi connectivity index (χ4v) is 3.45. The monoisotopic (exact) mass is 378 g/mol. The Morgan fingerprint density at radius 2 is 1.79 bits per heavy atom. The first-order valence-corrected chi connectivity index (χ1v) is 9.06. The average molecular weight is 378 g/mol. The van der Waals surface area contributed by atoms with Gasteiger partial charge in [0.25, 0.3) is 5.91 Å². The van der Waals surface area contributed by atoms with Gasteiger partial charge in [0.15, 0.2) is 5.76 Å². The topological polar surface area (TPSA) is 62.6 Å². The Balaban J connectivity index is 1.57. The van der Waals surface area contributed by atoms with Gasteiger partial charge in [-0.15, -0.1) is 0 Å². The molecule has 0 saturated carbocycles. The van der Waals surface area contributed by atoms with Crippen molar-refractivity contribution in [3.63, 3.8) is 0 Å². The van der Waals surface area contributed by atoms with E-state index in [2.05, 4.69) is 5.32 Å². The molecule has 4 rings (SSSR count). The van der Waals surface area contributed by atoms with E-state index in [4.69, 9.17) is 4.42 Å². The third-order valence-corrected chi connectivity index (χ3v) is 4.95. The predicted molar refractivity (Wildman–Crippen MR) is 101 cm³/mol. The molecule has 1 atom stereocenters. The van der Waals surface area contributed by atoms with E-state index in [0.717, 1.165) is 11.1 Å². The standard InChI is InChI=1S/C22H19FN2O3/c23-18-9-4-3-7-16(18)13-24-21(26)19-12-15-6-1-2-8-17(15)14-25(19)22(27)20-10-5-11-28-20/h1-11,19H,12-14H2,(H,24,26)/t19-/m0/s1. The van der Waals surface area contributed by atoms with Gasteiger partial charge in [-0.2, -0.15) is 0 Å². The zero-order valence-electron chi connectivity index (χ0n) is 15.1. The fraction of sp³-hybridized carbons (Fsp3) is 0.182. The molecule has 3 aromatic rings. The molecule has 2 amide bonds. The van der Waals surface area contributed by atoms with E-state index in [1.807, 2.05) is 24.3 Å². The minimum absolute atomic E-state index is 0.0619. The van der Waals surface area contributed by atoms with Gasteiger partial charge in [0.1, 0.15) is 11.9 Å². The third-order valence-electron chi connectivity index (χ3n) is 4.95. The van der Waals surface area contributed by atoms with E-state index in [0.29, 0.717) is 18.5 Å². The number of hydrogen-bond acceptors (Lipinski definition) is 3. The van der Waals surface area contributed by atoms with Gasteiger partial charge in [-0.3, -0.25) is 9.59 Å². The van der Waals surface area contributed by atoms with E-state index in [-0.39, 0.29) is 29.9 Å². The number of halogens is 1. The van der Waals surface area contributed by atoms with Crippen molar-refractivity contribution in [1.82, 2.24) is 10.2 Å². The molecule has 1 aromatic heterocycles. The van der Waals surface area contributed by atoms with Crippen LogP contribution in [-0.2, 0) is 24.3 Å². The number of nitrogens with zero attached hydrogens (tertiary/aromatic N) is 1. The van der Waals surface area contributed by atoms with Crippen LogP contribution >= 0.6 is 0 Å². The Kier molecular flexibility index (Phi) is 4.93. The molecule has 0 spiro atoms. The summed E-state index contributed by atoms with van der Waals surface area (Å²) < 4.78 is 19.1. The van der Waals surface area contributed by atoms with Crippen LogP contribution in [0.3, 0.4) is 0 Å². The van der Waals surface area contributed by atoms with Crippen LogP contribution in [0.1, 0.15) is 27.2 Å². The first-order chi connectivity index (χ1) is 13.6. The molecule has 6 heteroatoms. The minimum atomic E-state index is -0.695. The predicted octanol–water partition coefficient (Wildman–Crippen LogP) is 3.30. The SMILES string of the molecule is O=C(NCc1ccccc1F)[C@@H]1Cc2ccccc2CN1C(=O)c1ccco1. The maximum absolute atomic E-state index is 13.8. The van der Waals surface area contributed by atoms with Gasteiger partial charge < -0.3 is 14.6 Å². The van der Waals surface area contributed by atoms with E-state index >= 15 is 0 Å². The molecular weight excluding hydrogens is 359 g/mol. The second kappa shape index (κ2) is 7.68. The van der Waals surface area contributed by atoms with Crippen molar-refractivity contribution in [3.05, 3.63) is 95.2 Å². The first-order valence-electron chi connectivity index (χ1n) is 9.06. The molecule has 0 bridgehead atoms. The molecule has 0 aliphatic carbocycles. The van der Waals surface area contributed by atoms with Crippen LogP contribution < -0.4 is 5.32 Å². The van der Waals surface area contributed by atoms with Gasteiger partial charge in [-0.05, 0) is 29.3 Å². The van der Waals surface area contributed by atoms with Crippen LogP contribution in [0.25, 0.3) is 0 Å². The lowest BCUT2D eigenvalue weighted by Gasteiger charge is -2.35. The van der Waals surface area contributed by atoms with Crippen molar-refractivity contribution in [1.29, 1.82) is 0 Å². The van der Waals surface area contributed by atoms with E-state index in [9.17, 15) is 14.0 Å². The Bertz CT molecular complexity index is 1000. The highest BCUT2D eigenvalue weighted by molar-refractivity contribution is 5.96. The average Bonchev–Trinajstić information content (AvgIpc) is 3.26. The number of hydrogen-bond donors (Lipinski definition) is 1. The summed E-state index contributed by atoms with van der Waals surface area (Å²) >= 11 is 0. The van der Waals surface area contributed by atoms with Gasteiger partial charge in [0.2, 0.25) is 5.91 Å². The van der Waals surface area contributed by atoms with Crippen LogP contribution in [0.15, 0.2) is 71.3 Å². The van der Waals surface area contributed by atoms with Crippen molar-refractivity contribution in [2.75, 3.05) is 0 Å². The number of benzene rings is 2. The highest BCUT2D eigenvalue weighted by Crippen LogP contribution is 2.25. The van der Waals surface area contributed by atoms with Crippen molar-refractivity contribution in [3.8, 4) is 0 Å². The summed E-state index contributed by atoms with van der Waals surface area (Å²) in [6.45, 7) is 0.375. The zero-order valence-corrected chi connectivity index (χ0v) is 15.1. The maximum atomic E-state index is 13.8. The largest absolute Gasteiger partial charge is 0.459 e. The van der Waals surface area contributed by atoms with Crippen LogP contribution in [0.2, 0.25) is 0 Å². The number of fused-ring (bicyclic) bond motifs is 1. The minimum Gasteiger partial charge on any atom is -0.459 e. The van der Waals surface area contributed by atoms with Crippen molar-refractivity contribution < 1.29 is 18.4 Å². The third kappa shape index (κ3) is 3.53. The molecule has 0 fully saturated rings. The molecule has 0 unspecified atom stereocenters. The summed E-state index contributed by atoms with van der Waals surface area (Å²) in [5.41, 5.74) is 2.42. The van der Waals surface area contributed by atoms with Gasteiger partial charge in [-0.1, -0.05) is 42.5 Å². The molecule has 0 radical (unpaired) electrons. The summed E-state index contributed by atoms with van der Waals surface area (Å²) in [5.74, 6) is -0.852. The molecule has 2 heterocycles. The van der Waals surface area contributed by atoms with Gasteiger partial charge in [0, 0.05) is 25.1 Å². The molecule has 28 heavy (non-hydrogen) atoms. The summed E-state index contributed by atoms with van der Waals surface area (Å²) in [6.07, 6.45) is 1.82. The van der Waals surface area contributed by atoms with Gasteiger partial charge in [0.05, 0.1) is 6.26 Å². The number of furan rings is 1. The van der Waals surface area contributed by atoms with Crippen molar-refractivity contribution >= 4 is 11.8 Å². The number of nitrogens with one attached hydrogen (secondary N) is 1. The number of rotatable bonds is 4. The summed E-state index contributed by atoms with van der Waals surface area (Å²) in [7, 11) is 0. The zero-order chi connectivity index (χ0) is 19.5. The Morgan fingerprint density at radius 3 is 2.54 bits per heavy atom. The maximum Gasteiger partial charge on any atom is 0.290 e.